The Morgan fingerprint density at radius 2 is 1.65 bits per heavy atom. The summed E-state index contributed by atoms with van der Waals surface area (Å²) in [7, 11) is 0. The number of cyclic esters (lactones) is 1. The molecule has 2 N–H and O–H groups in total. The number of carbonyl (C=O) groups is 4. The monoisotopic (exact) mass is 841 g/mol. The van der Waals surface area contributed by atoms with Crippen LogP contribution < -0.4 is 16.2 Å². The Kier molecular flexibility index (Phi) is 14.4. The van der Waals surface area contributed by atoms with Crippen LogP contribution in [0.4, 0.5) is 0 Å². The highest BCUT2D eigenvalue weighted by molar-refractivity contribution is 7.99. The number of hydrogen-bond acceptors (Lipinski definition) is 12. The van der Waals surface area contributed by atoms with Gasteiger partial charge in [-0.05, 0) is 95.0 Å². The number of nitrogens with zero attached hydrogens (tertiary/aromatic N) is 3. The number of aromatic nitrogens is 3. The van der Waals surface area contributed by atoms with Crippen molar-refractivity contribution in [1.82, 2.24) is 25.2 Å². The molecule has 14 nitrogen and oxygen atoms in total. The van der Waals surface area contributed by atoms with Crippen LogP contribution >= 0.6 is 11.8 Å². The van der Waals surface area contributed by atoms with Gasteiger partial charge >= 0.3 is 11.9 Å². The van der Waals surface area contributed by atoms with E-state index in [2.05, 4.69) is 15.6 Å². The summed E-state index contributed by atoms with van der Waals surface area (Å²) in [5.41, 5.74) is 1.28. The normalized spacial score (nSPS) is 15.8. The maximum atomic E-state index is 13.8. The Morgan fingerprint density at radius 1 is 0.917 bits per heavy atom. The van der Waals surface area contributed by atoms with Gasteiger partial charge in [-0.25, -0.2) is 9.78 Å². The smallest absolute Gasteiger partial charge is 0.355 e. The fourth-order valence-corrected chi connectivity index (χ4v) is 8.22. The number of fused-ring (bicyclic) bond motifs is 5. The lowest BCUT2D eigenvalue weighted by molar-refractivity contribution is -0.189. The number of amides is 2. The summed E-state index contributed by atoms with van der Waals surface area (Å²) in [6.07, 6.45) is 6.21. The number of ether oxygens (including phenoxy) is 4. The summed E-state index contributed by atoms with van der Waals surface area (Å²) < 4.78 is 25.0. The maximum absolute atomic E-state index is 13.8. The van der Waals surface area contributed by atoms with Gasteiger partial charge in [-0.1, -0.05) is 25.1 Å². The SMILES string of the molecule is CCC1(OC(=O)CNC(=O)CCOC(C)(C)CCOC(C)(C)CCNC(=O)CCSCCc2ccncc2)C(=O)OCc2c1cc1n(c2=O)Cc2cc3ccccc3nc2-1. The first-order valence-electron chi connectivity index (χ1n) is 20.5. The molecule has 2 amide bonds. The predicted octanol–water partition coefficient (Wildman–Crippen LogP) is 5.38. The highest BCUT2D eigenvalue weighted by Gasteiger charge is 2.50. The van der Waals surface area contributed by atoms with E-state index in [1.807, 2.05) is 70.2 Å². The minimum absolute atomic E-state index is 0.00797. The van der Waals surface area contributed by atoms with E-state index in [9.17, 15) is 24.0 Å². The molecule has 320 valence electrons. The molecular formula is C45H55N5O9S. The lowest BCUT2D eigenvalue weighted by Gasteiger charge is -2.35. The molecular weight excluding hydrogens is 787 g/mol. The van der Waals surface area contributed by atoms with Crippen LogP contribution in [0.5, 0.6) is 0 Å². The highest BCUT2D eigenvalue weighted by Crippen LogP contribution is 2.41. The van der Waals surface area contributed by atoms with Gasteiger partial charge in [0.2, 0.25) is 17.4 Å². The first-order valence-corrected chi connectivity index (χ1v) is 21.7. The molecule has 3 aromatic heterocycles. The van der Waals surface area contributed by atoms with Gasteiger partial charge in [0, 0.05) is 54.0 Å². The van der Waals surface area contributed by atoms with E-state index in [1.54, 1.807) is 41.7 Å². The fourth-order valence-electron chi connectivity index (χ4n) is 7.31. The van der Waals surface area contributed by atoms with Crippen molar-refractivity contribution in [2.24, 2.45) is 0 Å². The zero-order valence-electron chi connectivity index (χ0n) is 35.1. The van der Waals surface area contributed by atoms with Crippen molar-refractivity contribution >= 4 is 46.4 Å². The van der Waals surface area contributed by atoms with Gasteiger partial charge in [-0.15, -0.1) is 0 Å². The van der Waals surface area contributed by atoms with Gasteiger partial charge in [0.05, 0.1) is 53.4 Å². The number of thioether (sulfide) groups is 1. The Balaban J connectivity index is 0.908. The molecule has 0 bridgehead atoms. The lowest BCUT2D eigenvalue weighted by atomic mass is 9.85. The fraction of sp³-hybridized carbons (Fsp3) is 0.489. The summed E-state index contributed by atoms with van der Waals surface area (Å²) in [6, 6.07) is 15.4. The first-order chi connectivity index (χ1) is 28.7. The van der Waals surface area contributed by atoms with Crippen molar-refractivity contribution in [1.29, 1.82) is 0 Å². The van der Waals surface area contributed by atoms with Gasteiger partial charge in [0.25, 0.3) is 5.56 Å². The molecule has 0 spiro atoms. The molecule has 0 saturated heterocycles. The summed E-state index contributed by atoms with van der Waals surface area (Å²) >= 11 is 1.76. The van der Waals surface area contributed by atoms with Crippen LogP contribution in [0, 0.1) is 0 Å². The van der Waals surface area contributed by atoms with E-state index in [4.69, 9.17) is 23.9 Å². The van der Waals surface area contributed by atoms with E-state index in [0.717, 1.165) is 34.4 Å². The Hall–Kier alpha value is -5.12. The molecule has 2 aliphatic rings. The minimum Gasteiger partial charge on any atom is -0.457 e. The van der Waals surface area contributed by atoms with Crippen LogP contribution in [0.2, 0.25) is 0 Å². The third-order valence-corrected chi connectivity index (χ3v) is 11.9. The van der Waals surface area contributed by atoms with Crippen LogP contribution in [0.15, 0.2) is 65.7 Å². The number of aryl methyl sites for hydroxylation is 1. The summed E-state index contributed by atoms with van der Waals surface area (Å²) in [6.45, 7) is 10.1. The molecule has 6 rings (SSSR count). The van der Waals surface area contributed by atoms with E-state index in [-0.39, 0.29) is 48.6 Å². The van der Waals surface area contributed by atoms with Gasteiger partial charge in [0.15, 0.2) is 0 Å². The summed E-state index contributed by atoms with van der Waals surface area (Å²) in [5, 5.41) is 6.50. The van der Waals surface area contributed by atoms with E-state index < -0.39 is 41.2 Å². The largest absolute Gasteiger partial charge is 0.457 e. The average Bonchev–Trinajstić information content (AvgIpc) is 3.57. The molecule has 60 heavy (non-hydrogen) atoms. The zero-order valence-corrected chi connectivity index (χ0v) is 35.9. The van der Waals surface area contributed by atoms with Gasteiger partial charge < -0.3 is 34.1 Å². The Morgan fingerprint density at radius 3 is 2.43 bits per heavy atom. The van der Waals surface area contributed by atoms with Crippen molar-refractivity contribution in [2.45, 2.75) is 103 Å². The molecule has 4 aromatic rings. The number of carbonyl (C=O) groups excluding carboxylic acids is 4. The summed E-state index contributed by atoms with van der Waals surface area (Å²) in [5.74, 6) is -0.316. The second-order valence-corrected chi connectivity index (χ2v) is 17.5. The highest BCUT2D eigenvalue weighted by atomic mass is 32.2. The molecule has 0 radical (unpaired) electrons. The average molecular weight is 842 g/mol. The van der Waals surface area contributed by atoms with Crippen LogP contribution in [-0.2, 0) is 63.3 Å². The molecule has 15 heteroatoms. The quantitative estimate of drug-likeness (QED) is 0.0714. The molecule has 5 heterocycles. The van der Waals surface area contributed by atoms with E-state index >= 15 is 0 Å². The number of pyridine rings is 3. The zero-order chi connectivity index (χ0) is 42.9. The molecule has 1 unspecified atom stereocenters. The van der Waals surface area contributed by atoms with Crippen molar-refractivity contribution in [3.63, 3.8) is 0 Å². The molecule has 0 aliphatic carbocycles. The molecule has 2 aliphatic heterocycles. The number of benzene rings is 1. The van der Waals surface area contributed by atoms with Crippen LogP contribution in [0.25, 0.3) is 22.3 Å². The van der Waals surface area contributed by atoms with Crippen molar-refractivity contribution in [3.05, 3.63) is 93.5 Å². The standard InChI is InChI=1S/C45H55N5O9S/c1-6-45(34-26-36-40-32(25-31-9-7-8-10-35(31)49-40)28-50(36)41(54)33(34)29-56-42(45)55)59-39(53)27-48-37(51)13-21-57-44(4,5)17-22-58-43(2,3)16-20-47-38(52)15-24-60-23-14-30-11-18-46-19-12-30/h7-12,18-19,25-26H,6,13-17,20-24,27-29H2,1-5H3,(H,47,52)(H,48,51). The van der Waals surface area contributed by atoms with Crippen molar-refractivity contribution in [3.8, 4) is 11.4 Å². The molecule has 0 fully saturated rings. The van der Waals surface area contributed by atoms with E-state index in [1.165, 1.54) is 5.56 Å². The van der Waals surface area contributed by atoms with Crippen molar-refractivity contribution in [2.75, 3.05) is 37.8 Å². The third kappa shape index (κ3) is 11.0. The van der Waals surface area contributed by atoms with Crippen LogP contribution in [-0.4, -0.2) is 87.3 Å². The number of hydrogen-bond donors (Lipinski definition) is 2. The number of esters is 2. The van der Waals surface area contributed by atoms with E-state index in [0.29, 0.717) is 50.3 Å². The Bertz CT molecular complexity index is 2260. The Labute approximate surface area is 354 Å². The minimum atomic E-state index is -1.87. The predicted molar refractivity (Wildman–Crippen MR) is 228 cm³/mol. The molecule has 0 saturated carbocycles. The molecule has 1 aromatic carbocycles. The second-order valence-electron chi connectivity index (χ2n) is 16.3. The first kappa shape index (κ1) is 44.4. The van der Waals surface area contributed by atoms with Crippen molar-refractivity contribution < 1.29 is 38.1 Å². The van der Waals surface area contributed by atoms with Crippen LogP contribution in [0.1, 0.15) is 89.0 Å². The maximum Gasteiger partial charge on any atom is 0.355 e. The summed E-state index contributed by atoms with van der Waals surface area (Å²) in [4.78, 5) is 74.3. The molecule has 1 atom stereocenters. The van der Waals surface area contributed by atoms with Gasteiger partial charge in [-0.2, -0.15) is 11.8 Å². The number of rotatable bonds is 21. The number of nitrogens with one attached hydrogen (secondary N) is 2. The van der Waals surface area contributed by atoms with Gasteiger partial charge in [-0.3, -0.25) is 24.2 Å². The lowest BCUT2D eigenvalue weighted by Crippen LogP contribution is -2.48. The van der Waals surface area contributed by atoms with Gasteiger partial charge in [0.1, 0.15) is 13.2 Å². The topological polar surface area (TPSA) is 177 Å². The second kappa shape index (κ2) is 19.5. The van der Waals surface area contributed by atoms with Crippen LogP contribution in [0.3, 0.4) is 0 Å². The third-order valence-electron chi connectivity index (χ3n) is 10.9. The number of para-hydroxylation sites is 1.